The largest absolute Gasteiger partial charge is 0.347 e. The minimum atomic E-state index is -0.626. The minimum Gasteiger partial charge on any atom is -0.347 e. The Morgan fingerprint density at radius 1 is 1.14 bits per heavy atom. The van der Waals surface area contributed by atoms with Gasteiger partial charge in [-0.3, -0.25) is 14.5 Å². The zero-order valence-electron chi connectivity index (χ0n) is 12.3. The molecule has 2 rings (SSSR count). The predicted molar refractivity (Wildman–Crippen MR) is 82.1 cm³/mol. The van der Waals surface area contributed by atoms with Crippen LogP contribution in [0.5, 0.6) is 0 Å². The molecule has 0 unspecified atom stereocenters. The van der Waals surface area contributed by atoms with Crippen molar-refractivity contribution in [3.05, 3.63) is 29.8 Å². The van der Waals surface area contributed by atoms with Gasteiger partial charge in [-0.25, -0.2) is 0 Å². The van der Waals surface area contributed by atoms with Gasteiger partial charge in [0.2, 0.25) is 0 Å². The molecule has 1 aliphatic heterocycles. The van der Waals surface area contributed by atoms with Gasteiger partial charge in [-0.2, -0.15) is 0 Å². The molecule has 1 fully saturated rings. The predicted octanol–water partition coefficient (Wildman–Crippen LogP) is -0.0451. The van der Waals surface area contributed by atoms with Gasteiger partial charge in [0.1, 0.15) is 0 Å². The summed E-state index contributed by atoms with van der Waals surface area (Å²) in [6, 6.07) is 7.33. The molecule has 0 spiro atoms. The fourth-order valence-corrected chi connectivity index (χ4v) is 2.17. The van der Waals surface area contributed by atoms with E-state index in [4.69, 9.17) is 0 Å². The molecule has 6 heteroatoms. The average molecular weight is 290 g/mol. The maximum absolute atomic E-state index is 11.7. The van der Waals surface area contributed by atoms with Gasteiger partial charge in [0.15, 0.2) is 0 Å². The van der Waals surface area contributed by atoms with Crippen LogP contribution in [0.25, 0.3) is 0 Å². The molecule has 3 N–H and O–H groups in total. The van der Waals surface area contributed by atoms with E-state index < -0.39 is 11.8 Å². The number of piperazine rings is 1. The number of carbonyl (C=O) groups is 2. The lowest BCUT2D eigenvalue weighted by Crippen LogP contribution is -2.47. The van der Waals surface area contributed by atoms with E-state index in [-0.39, 0.29) is 0 Å². The maximum atomic E-state index is 11.7. The number of hydrogen-bond donors (Lipinski definition) is 3. The number of benzene rings is 1. The topological polar surface area (TPSA) is 73.5 Å². The Kier molecular flexibility index (Phi) is 5.71. The number of hydrogen-bond acceptors (Lipinski definition) is 4. The van der Waals surface area contributed by atoms with Gasteiger partial charge in [0.05, 0.1) is 0 Å². The summed E-state index contributed by atoms with van der Waals surface area (Å²) < 4.78 is 0. The monoisotopic (exact) mass is 290 g/mol. The molecule has 0 radical (unpaired) electrons. The van der Waals surface area contributed by atoms with Gasteiger partial charge in [0.25, 0.3) is 0 Å². The van der Waals surface area contributed by atoms with E-state index >= 15 is 0 Å². The number of anilines is 1. The molecule has 6 nitrogen and oxygen atoms in total. The van der Waals surface area contributed by atoms with Crippen molar-refractivity contribution in [1.29, 1.82) is 0 Å². The van der Waals surface area contributed by atoms with Gasteiger partial charge in [-0.1, -0.05) is 17.7 Å². The summed E-state index contributed by atoms with van der Waals surface area (Å²) >= 11 is 0. The summed E-state index contributed by atoms with van der Waals surface area (Å²) in [6.07, 6.45) is 0. The van der Waals surface area contributed by atoms with Crippen molar-refractivity contribution in [3.8, 4) is 0 Å². The first-order chi connectivity index (χ1) is 10.1. The SMILES string of the molecule is Cc1ccc(NC(=O)C(=O)NCCN2CCNCC2)cc1. The second kappa shape index (κ2) is 7.75. The zero-order valence-corrected chi connectivity index (χ0v) is 12.3. The molecule has 1 aromatic rings. The molecule has 0 bridgehead atoms. The highest BCUT2D eigenvalue weighted by Gasteiger charge is 2.14. The highest BCUT2D eigenvalue weighted by molar-refractivity contribution is 6.39. The second-order valence-electron chi connectivity index (χ2n) is 5.17. The summed E-state index contributed by atoms with van der Waals surface area (Å²) in [5, 5.41) is 8.50. The van der Waals surface area contributed by atoms with E-state index in [1.165, 1.54) is 0 Å². The molecule has 0 atom stereocenters. The van der Waals surface area contributed by atoms with E-state index in [0.717, 1.165) is 38.3 Å². The van der Waals surface area contributed by atoms with E-state index in [9.17, 15) is 9.59 Å². The number of rotatable bonds is 4. The van der Waals surface area contributed by atoms with Crippen LogP contribution in [0.2, 0.25) is 0 Å². The van der Waals surface area contributed by atoms with Crippen LogP contribution in [-0.4, -0.2) is 56.0 Å². The molecular weight excluding hydrogens is 268 g/mol. The molecule has 114 valence electrons. The quantitative estimate of drug-likeness (QED) is 0.680. The summed E-state index contributed by atoms with van der Waals surface area (Å²) in [5.74, 6) is -1.22. The van der Waals surface area contributed by atoms with Crippen LogP contribution in [0.3, 0.4) is 0 Å². The van der Waals surface area contributed by atoms with Crippen LogP contribution in [0.4, 0.5) is 5.69 Å². The molecule has 1 aromatic carbocycles. The lowest BCUT2D eigenvalue weighted by Gasteiger charge is -2.26. The molecule has 0 saturated carbocycles. The summed E-state index contributed by atoms with van der Waals surface area (Å²) in [5.41, 5.74) is 1.73. The molecule has 0 aliphatic carbocycles. The van der Waals surface area contributed by atoms with E-state index in [1.54, 1.807) is 12.1 Å². The molecule has 21 heavy (non-hydrogen) atoms. The third-order valence-corrected chi connectivity index (χ3v) is 3.44. The van der Waals surface area contributed by atoms with Crippen molar-refractivity contribution < 1.29 is 9.59 Å². The molecule has 1 saturated heterocycles. The van der Waals surface area contributed by atoms with Gasteiger partial charge in [0, 0.05) is 45.0 Å². The van der Waals surface area contributed by atoms with Gasteiger partial charge in [-0.05, 0) is 19.1 Å². The lowest BCUT2D eigenvalue weighted by atomic mass is 10.2. The molecule has 2 amide bonds. The van der Waals surface area contributed by atoms with Crippen LogP contribution in [0.1, 0.15) is 5.56 Å². The van der Waals surface area contributed by atoms with Crippen molar-refractivity contribution in [1.82, 2.24) is 15.5 Å². The number of carbonyl (C=O) groups excluding carboxylic acids is 2. The average Bonchev–Trinajstić information content (AvgIpc) is 2.50. The van der Waals surface area contributed by atoms with E-state index in [0.29, 0.717) is 12.2 Å². The van der Waals surface area contributed by atoms with E-state index in [2.05, 4.69) is 20.9 Å². The Balaban J connectivity index is 1.69. The van der Waals surface area contributed by atoms with Crippen molar-refractivity contribution in [2.75, 3.05) is 44.6 Å². The third kappa shape index (κ3) is 5.17. The highest BCUT2D eigenvalue weighted by Crippen LogP contribution is 2.08. The normalized spacial score (nSPS) is 15.5. The van der Waals surface area contributed by atoms with Crippen molar-refractivity contribution >= 4 is 17.5 Å². The standard InChI is InChI=1S/C15H22N4O2/c1-12-2-4-13(5-3-12)18-15(21)14(20)17-8-11-19-9-6-16-7-10-19/h2-5,16H,6-11H2,1H3,(H,17,20)(H,18,21). The summed E-state index contributed by atoms with van der Waals surface area (Å²) in [6.45, 7) is 7.13. The van der Waals surface area contributed by atoms with E-state index in [1.807, 2.05) is 19.1 Å². The van der Waals surface area contributed by atoms with Crippen molar-refractivity contribution in [2.24, 2.45) is 0 Å². The Labute approximate surface area is 124 Å². The van der Waals surface area contributed by atoms with Crippen LogP contribution in [0, 0.1) is 6.92 Å². The van der Waals surface area contributed by atoms with Crippen molar-refractivity contribution in [3.63, 3.8) is 0 Å². The smallest absolute Gasteiger partial charge is 0.313 e. The Morgan fingerprint density at radius 3 is 2.48 bits per heavy atom. The minimum absolute atomic E-state index is 0.486. The highest BCUT2D eigenvalue weighted by atomic mass is 16.2. The second-order valence-corrected chi connectivity index (χ2v) is 5.17. The Hall–Kier alpha value is -1.92. The van der Waals surface area contributed by atoms with Crippen LogP contribution < -0.4 is 16.0 Å². The van der Waals surface area contributed by atoms with Crippen molar-refractivity contribution in [2.45, 2.75) is 6.92 Å². The van der Waals surface area contributed by atoms with Crippen LogP contribution in [0.15, 0.2) is 24.3 Å². The Bertz CT molecular complexity index is 481. The van der Waals surface area contributed by atoms with Crippen LogP contribution >= 0.6 is 0 Å². The molecule has 1 heterocycles. The summed E-state index contributed by atoms with van der Waals surface area (Å²) in [7, 11) is 0. The fraction of sp³-hybridized carbons (Fsp3) is 0.467. The number of nitrogens with zero attached hydrogens (tertiary/aromatic N) is 1. The van der Waals surface area contributed by atoms with Gasteiger partial charge in [-0.15, -0.1) is 0 Å². The number of aryl methyl sites for hydroxylation is 1. The first kappa shape index (κ1) is 15.5. The molecular formula is C15H22N4O2. The number of nitrogens with one attached hydrogen (secondary N) is 3. The first-order valence-corrected chi connectivity index (χ1v) is 7.24. The zero-order chi connectivity index (χ0) is 15.1. The first-order valence-electron chi connectivity index (χ1n) is 7.24. The van der Waals surface area contributed by atoms with Gasteiger partial charge >= 0.3 is 11.8 Å². The van der Waals surface area contributed by atoms with Gasteiger partial charge < -0.3 is 16.0 Å². The maximum Gasteiger partial charge on any atom is 0.313 e. The molecule has 0 aromatic heterocycles. The lowest BCUT2D eigenvalue weighted by molar-refractivity contribution is -0.136. The third-order valence-electron chi connectivity index (χ3n) is 3.44. The fourth-order valence-electron chi connectivity index (χ4n) is 2.17. The van der Waals surface area contributed by atoms with Crippen LogP contribution in [-0.2, 0) is 9.59 Å². The summed E-state index contributed by atoms with van der Waals surface area (Å²) in [4.78, 5) is 25.7. The molecule has 1 aliphatic rings. The number of amides is 2. The Morgan fingerprint density at radius 2 is 1.81 bits per heavy atom.